The van der Waals surface area contributed by atoms with E-state index in [1.165, 1.54) is 22.5 Å². The van der Waals surface area contributed by atoms with Gasteiger partial charge in [-0.25, -0.2) is 8.42 Å². The average Bonchev–Trinajstić information content (AvgIpc) is 2.82. The normalized spacial score (nSPS) is 15.0. The number of carbonyl (C=O) groups excluding carboxylic acids is 1. The van der Waals surface area contributed by atoms with Gasteiger partial charge in [-0.1, -0.05) is 18.2 Å². The van der Waals surface area contributed by atoms with Crippen molar-refractivity contribution >= 4 is 33.0 Å². The number of nitrogens with one attached hydrogen (secondary N) is 2. The van der Waals surface area contributed by atoms with Crippen molar-refractivity contribution < 1.29 is 23.1 Å². The number of hydrogen-bond acceptors (Lipinski definition) is 8. The number of amides is 1. The summed E-state index contributed by atoms with van der Waals surface area (Å²) in [6.45, 7) is 2.36. The quantitative estimate of drug-likeness (QED) is 0.307. The predicted molar refractivity (Wildman–Crippen MR) is 124 cm³/mol. The van der Waals surface area contributed by atoms with Gasteiger partial charge in [0, 0.05) is 50.3 Å². The largest absolute Gasteiger partial charge is 0.378 e. The van der Waals surface area contributed by atoms with Gasteiger partial charge in [-0.05, 0) is 31.4 Å². The van der Waals surface area contributed by atoms with Gasteiger partial charge in [-0.2, -0.15) is 4.31 Å². The van der Waals surface area contributed by atoms with Gasteiger partial charge in [0.05, 0.1) is 14.7 Å². The minimum Gasteiger partial charge on any atom is -0.378 e. The van der Waals surface area contributed by atoms with Crippen LogP contribution in [-0.2, 0) is 14.8 Å². The van der Waals surface area contributed by atoms with Crippen LogP contribution in [0, 0.1) is 33.1 Å². The molecule has 1 fully saturated rings. The van der Waals surface area contributed by atoms with Gasteiger partial charge in [0.15, 0.2) is 0 Å². The minimum absolute atomic E-state index is 0.0543. The molecule has 0 radical (unpaired) electrons. The van der Waals surface area contributed by atoms with Crippen LogP contribution in [0.5, 0.6) is 0 Å². The maximum Gasteiger partial charge on any atom is 0.292 e. The summed E-state index contributed by atoms with van der Waals surface area (Å²) in [5.41, 5.74) is 0.419. The van der Waals surface area contributed by atoms with Crippen LogP contribution in [0.3, 0.4) is 0 Å². The summed E-state index contributed by atoms with van der Waals surface area (Å²) in [6.07, 6.45) is 0.632. The molecule has 0 aromatic heterocycles. The van der Waals surface area contributed by atoms with Gasteiger partial charge in [-0.3, -0.25) is 25.0 Å². The first-order valence-electron chi connectivity index (χ1n) is 10.6. The predicted octanol–water partition coefficient (Wildman–Crippen LogP) is 2.44. The third-order valence-electron chi connectivity index (χ3n) is 5.67. The van der Waals surface area contributed by atoms with Crippen molar-refractivity contribution in [2.75, 3.05) is 31.5 Å². The zero-order valence-corrected chi connectivity index (χ0v) is 19.3. The van der Waals surface area contributed by atoms with Gasteiger partial charge in [0.2, 0.25) is 15.9 Å². The van der Waals surface area contributed by atoms with Crippen molar-refractivity contribution in [3.63, 3.8) is 0 Å². The summed E-state index contributed by atoms with van der Waals surface area (Å²) in [6, 6.07) is 9.94. The lowest BCUT2D eigenvalue weighted by Crippen LogP contribution is -2.43. The molecular weight excluding hydrogens is 466 g/mol. The number of piperidine rings is 1. The van der Waals surface area contributed by atoms with E-state index in [0.717, 1.165) is 6.07 Å². The third kappa shape index (κ3) is 5.66. The van der Waals surface area contributed by atoms with Crippen LogP contribution >= 0.6 is 0 Å². The number of nitro benzene ring substituents is 2. The Hall–Kier alpha value is -3.58. The van der Waals surface area contributed by atoms with Crippen molar-refractivity contribution in [1.82, 2.24) is 9.62 Å². The Kier molecular flexibility index (Phi) is 7.79. The molecule has 2 aromatic carbocycles. The molecule has 2 aromatic rings. The minimum atomic E-state index is -3.93. The molecule has 13 heteroatoms. The van der Waals surface area contributed by atoms with E-state index in [2.05, 4.69) is 10.6 Å². The molecule has 1 heterocycles. The van der Waals surface area contributed by atoms with Gasteiger partial charge in [-0.15, -0.1) is 0 Å². The van der Waals surface area contributed by atoms with E-state index in [0.29, 0.717) is 24.1 Å². The zero-order chi connectivity index (χ0) is 24.9. The molecule has 2 N–H and O–H groups in total. The molecule has 182 valence electrons. The number of rotatable bonds is 9. The second-order valence-corrected chi connectivity index (χ2v) is 9.78. The van der Waals surface area contributed by atoms with Gasteiger partial charge in [0.1, 0.15) is 5.69 Å². The number of para-hydroxylation sites is 2. The molecule has 12 nitrogen and oxygen atoms in total. The summed E-state index contributed by atoms with van der Waals surface area (Å²) in [5, 5.41) is 27.8. The lowest BCUT2D eigenvalue weighted by atomic mass is 9.97. The van der Waals surface area contributed by atoms with Crippen molar-refractivity contribution in [2.45, 2.75) is 24.7 Å². The van der Waals surface area contributed by atoms with E-state index in [-0.39, 0.29) is 54.3 Å². The molecule has 0 atom stereocenters. The monoisotopic (exact) mass is 491 g/mol. The highest BCUT2D eigenvalue weighted by molar-refractivity contribution is 7.89. The number of nitrogens with zero attached hydrogens (tertiary/aromatic N) is 3. The highest BCUT2D eigenvalue weighted by atomic mass is 32.2. The Labute approximate surface area is 196 Å². The Morgan fingerprint density at radius 1 is 1.06 bits per heavy atom. The van der Waals surface area contributed by atoms with E-state index >= 15 is 0 Å². The molecule has 1 saturated heterocycles. The SMILES string of the molecule is Cc1ccc([N+](=O)[O-])cc1S(=O)(=O)N1CCC(C(=O)NCCNc2ccccc2[N+](=O)[O-])CC1. The van der Waals surface area contributed by atoms with Gasteiger partial charge < -0.3 is 10.6 Å². The summed E-state index contributed by atoms with van der Waals surface area (Å²) in [7, 11) is -3.93. The van der Waals surface area contributed by atoms with Crippen molar-refractivity contribution in [3.05, 3.63) is 68.3 Å². The summed E-state index contributed by atoms with van der Waals surface area (Å²) < 4.78 is 27.3. The molecule has 0 aliphatic carbocycles. The fourth-order valence-electron chi connectivity index (χ4n) is 3.79. The van der Waals surface area contributed by atoms with Gasteiger partial charge >= 0.3 is 0 Å². The van der Waals surface area contributed by atoms with Crippen LogP contribution in [0.1, 0.15) is 18.4 Å². The molecule has 1 amide bonds. The topological polar surface area (TPSA) is 165 Å². The van der Waals surface area contributed by atoms with E-state index in [1.54, 1.807) is 25.1 Å². The second kappa shape index (κ2) is 10.6. The molecule has 34 heavy (non-hydrogen) atoms. The highest BCUT2D eigenvalue weighted by Crippen LogP contribution is 2.28. The number of hydrogen-bond donors (Lipinski definition) is 2. The molecule has 3 rings (SSSR count). The number of non-ortho nitro benzene ring substituents is 1. The molecule has 0 bridgehead atoms. The maximum atomic E-state index is 13.0. The fraction of sp³-hybridized carbons (Fsp3) is 0.381. The fourth-order valence-corrected chi connectivity index (χ4v) is 5.50. The summed E-state index contributed by atoms with van der Waals surface area (Å²) in [5.74, 6) is -0.586. The Bertz CT molecular complexity index is 1190. The van der Waals surface area contributed by atoms with E-state index in [1.807, 2.05) is 0 Å². The van der Waals surface area contributed by atoms with E-state index in [9.17, 15) is 33.4 Å². The third-order valence-corrected chi connectivity index (χ3v) is 7.71. The van der Waals surface area contributed by atoms with E-state index in [4.69, 9.17) is 0 Å². The number of carbonyl (C=O) groups is 1. The van der Waals surface area contributed by atoms with Crippen molar-refractivity contribution in [2.24, 2.45) is 5.92 Å². The molecule has 0 saturated carbocycles. The zero-order valence-electron chi connectivity index (χ0n) is 18.5. The van der Waals surface area contributed by atoms with Crippen LogP contribution in [-0.4, -0.2) is 54.7 Å². The molecule has 1 aliphatic rings. The molecule has 0 spiro atoms. The Balaban J connectivity index is 1.52. The Morgan fingerprint density at radius 3 is 2.38 bits per heavy atom. The molecule has 1 aliphatic heterocycles. The van der Waals surface area contributed by atoms with Crippen molar-refractivity contribution in [1.29, 1.82) is 0 Å². The van der Waals surface area contributed by atoms with Gasteiger partial charge in [0.25, 0.3) is 11.4 Å². The number of sulfonamides is 1. The van der Waals surface area contributed by atoms with Crippen LogP contribution in [0.2, 0.25) is 0 Å². The lowest BCUT2D eigenvalue weighted by molar-refractivity contribution is -0.385. The number of benzene rings is 2. The van der Waals surface area contributed by atoms with Crippen LogP contribution < -0.4 is 10.6 Å². The van der Waals surface area contributed by atoms with Crippen LogP contribution in [0.25, 0.3) is 0 Å². The molecule has 0 unspecified atom stereocenters. The van der Waals surface area contributed by atoms with Crippen molar-refractivity contribution in [3.8, 4) is 0 Å². The maximum absolute atomic E-state index is 13.0. The first-order chi connectivity index (χ1) is 16.1. The average molecular weight is 492 g/mol. The molecular formula is C21H25N5O7S. The number of aryl methyl sites for hydroxylation is 1. The second-order valence-electron chi connectivity index (χ2n) is 7.88. The Morgan fingerprint density at radius 2 is 1.74 bits per heavy atom. The van der Waals surface area contributed by atoms with Crippen LogP contribution in [0.15, 0.2) is 47.4 Å². The first-order valence-corrected chi connectivity index (χ1v) is 12.1. The highest BCUT2D eigenvalue weighted by Gasteiger charge is 2.33. The van der Waals surface area contributed by atoms with E-state index < -0.39 is 19.9 Å². The standard InChI is InChI=1S/C21H25N5O7S/c1-15-6-7-17(25(28)29)14-20(15)34(32,33)24-12-8-16(9-13-24)21(27)23-11-10-22-18-4-2-3-5-19(18)26(30)31/h2-7,14,16,22H,8-13H2,1H3,(H,23,27). The first kappa shape index (κ1) is 25.1. The summed E-state index contributed by atoms with van der Waals surface area (Å²) >= 11 is 0. The summed E-state index contributed by atoms with van der Waals surface area (Å²) in [4.78, 5) is 33.3. The lowest BCUT2D eigenvalue weighted by Gasteiger charge is -2.30. The van der Waals surface area contributed by atoms with Crippen LogP contribution in [0.4, 0.5) is 17.1 Å². The number of anilines is 1. The number of nitro groups is 2. The smallest absolute Gasteiger partial charge is 0.292 e.